The number of benzene rings is 2. The van der Waals surface area contributed by atoms with Crippen LogP contribution in [-0.2, 0) is 12.8 Å². The second-order valence-electron chi connectivity index (χ2n) is 5.21. The summed E-state index contributed by atoms with van der Waals surface area (Å²) >= 11 is 0. The minimum absolute atomic E-state index is 0.788. The standard InChI is InChI=1S/C19H17/c1-2-3-4-5-8-15-11-12-19-17(13-15)14-16-9-6-7-10-18(16)19/h6-7,9-13H,3-5,8,14H2. The van der Waals surface area contributed by atoms with E-state index in [-0.39, 0.29) is 0 Å². The van der Waals surface area contributed by atoms with Gasteiger partial charge in [-0.2, -0.15) is 0 Å². The molecule has 93 valence electrons. The zero-order valence-electron chi connectivity index (χ0n) is 11.1. The van der Waals surface area contributed by atoms with E-state index in [1.165, 1.54) is 27.8 Å². The molecule has 1 radical (unpaired) electrons. The Bertz CT molecular complexity index is 629. The number of aryl methyl sites for hydroxylation is 1. The van der Waals surface area contributed by atoms with Gasteiger partial charge in [-0.05, 0) is 59.9 Å². The van der Waals surface area contributed by atoms with Crippen molar-refractivity contribution < 1.29 is 0 Å². The van der Waals surface area contributed by atoms with Crippen LogP contribution in [0.3, 0.4) is 0 Å². The molecule has 0 nitrogen and oxygen atoms in total. The van der Waals surface area contributed by atoms with Gasteiger partial charge >= 0.3 is 0 Å². The van der Waals surface area contributed by atoms with Crippen LogP contribution in [0.2, 0.25) is 0 Å². The Morgan fingerprint density at radius 2 is 1.79 bits per heavy atom. The molecule has 0 aromatic heterocycles. The largest absolute Gasteiger partial charge is 0.0891 e. The van der Waals surface area contributed by atoms with Gasteiger partial charge < -0.3 is 0 Å². The number of unbranched alkanes of at least 4 members (excludes halogenated alkanes) is 2. The summed E-state index contributed by atoms with van der Waals surface area (Å²) < 4.78 is 0. The third kappa shape index (κ3) is 2.42. The SMILES string of the molecule is [C]#CCCCCc1ccc2c(c1)Cc1ccccc1-2. The molecule has 0 atom stereocenters. The molecule has 0 bridgehead atoms. The monoisotopic (exact) mass is 245 g/mol. The van der Waals surface area contributed by atoms with Crippen LogP contribution < -0.4 is 0 Å². The average molecular weight is 245 g/mol. The molecule has 0 saturated carbocycles. The molecule has 3 rings (SSSR count). The number of hydrogen-bond donors (Lipinski definition) is 0. The summed E-state index contributed by atoms with van der Waals surface area (Å²) in [5, 5.41) is 0. The second-order valence-corrected chi connectivity index (χ2v) is 5.21. The first-order chi connectivity index (χ1) is 9.38. The smallest absolute Gasteiger partial charge is 0.00990 e. The van der Waals surface area contributed by atoms with Crippen LogP contribution in [0.5, 0.6) is 0 Å². The Balaban J connectivity index is 1.76. The van der Waals surface area contributed by atoms with Crippen molar-refractivity contribution in [2.45, 2.75) is 32.1 Å². The van der Waals surface area contributed by atoms with Gasteiger partial charge in [0.05, 0.1) is 0 Å². The summed E-state index contributed by atoms with van der Waals surface area (Å²) in [4.78, 5) is 0. The molecule has 19 heavy (non-hydrogen) atoms. The Labute approximate surface area is 115 Å². The molecule has 0 heteroatoms. The van der Waals surface area contributed by atoms with E-state index in [4.69, 9.17) is 6.42 Å². The molecule has 0 unspecified atom stereocenters. The van der Waals surface area contributed by atoms with Crippen LogP contribution in [-0.4, -0.2) is 0 Å². The normalized spacial score (nSPS) is 11.7. The molecule has 0 spiro atoms. The summed E-state index contributed by atoms with van der Waals surface area (Å²) in [6.45, 7) is 0. The summed E-state index contributed by atoms with van der Waals surface area (Å²) in [6, 6.07) is 15.6. The first-order valence-electron chi connectivity index (χ1n) is 6.98. The molecule has 0 amide bonds. The van der Waals surface area contributed by atoms with Crippen LogP contribution in [0.25, 0.3) is 11.1 Å². The first kappa shape index (κ1) is 12.1. The van der Waals surface area contributed by atoms with Gasteiger partial charge in [0.25, 0.3) is 0 Å². The maximum absolute atomic E-state index is 6.91. The van der Waals surface area contributed by atoms with Crippen molar-refractivity contribution in [3.8, 4) is 17.0 Å². The van der Waals surface area contributed by atoms with Crippen molar-refractivity contribution >= 4 is 0 Å². The fourth-order valence-electron chi connectivity index (χ4n) is 2.90. The minimum Gasteiger partial charge on any atom is -0.0891 e. The van der Waals surface area contributed by atoms with Crippen molar-refractivity contribution in [3.05, 3.63) is 65.6 Å². The highest BCUT2D eigenvalue weighted by atomic mass is 14.2. The average Bonchev–Trinajstić information content (AvgIpc) is 2.81. The highest BCUT2D eigenvalue weighted by Gasteiger charge is 2.17. The minimum atomic E-state index is 0.788. The lowest BCUT2D eigenvalue weighted by atomic mass is 10.0. The summed E-state index contributed by atoms with van der Waals surface area (Å²) in [6.07, 6.45) is 12.1. The van der Waals surface area contributed by atoms with Crippen LogP contribution in [0.15, 0.2) is 42.5 Å². The van der Waals surface area contributed by atoms with Gasteiger partial charge in [-0.1, -0.05) is 48.4 Å². The van der Waals surface area contributed by atoms with Crippen molar-refractivity contribution in [2.75, 3.05) is 0 Å². The zero-order valence-corrected chi connectivity index (χ0v) is 11.1. The quantitative estimate of drug-likeness (QED) is 0.467. The molecule has 0 heterocycles. The van der Waals surface area contributed by atoms with E-state index in [2.05, 4.69) is 48.4 Å². The number of fused-ring (bicyclic) bond motifs is 3. The lowest BCUT2D eigenvalue weighted by molar-refractivity contribution is 0.756. The van der Waals surface area contributed by atoms with E-state index in [0.717, 1.165) is 32.1 Å². The van der Waals surface area contributed by atoms with E-state index >= 15 is 0 Å². The molecule has 2 aromatic rings. The second kappa shape index (κ2) is 5.33. The highest BCUT2D eigenvalue weighted by Crippen LogP contribution is 2.36. The Morgan fingerprint density at radius 3 is 2.68 bits per heavy atom. The molecule has 0 saturated heterocycles. The fraction of sp³-hybridized carbons (Fsp3) is 0.263. The molecular weight excluding hydrogens is 228 g/mol. The molecule has 2 aromatic carbocycles. The predicted molar refractivity (Wildman–Crippen MR) is 79.4 cm³/mol. The van der Waals surface area contributed by atoms with Crippen molar-refractivity contribution in [1.29, 1.82) is 0 Å². The van der Waals surface area contributed by atoms with E-state index in [0.29, 0.717) is 0 Å². The predicted octanol–water partition coefficient (Wildman–Crippen LogP) is 4.56. The van der Waals surface area contributed by atoms with E-state index in [1.807, 2.05) is 0 Å². The van der Waals surface area contributed by atoms with Crippen molar-refractivity contribution in [2.24, 2.45) is 0 Å². The third-order valence-corrected chi connectivity index (χ3v) is 3.88. The number of rotatable bonds is 4. The van der Waals surface area contributed by atoms with Gasteiger partial charge in [-0.3, -0.25) is 0 Å². The summed E-state index contributed by atoms with van der Waals surface area (Å²) in [5.41, 5.74) is 7.16. The van der Waals surface area contributed by atoms with Gasteiger partial charge in [0.1, 0.15) is 0 Å². The maximum Gasteiger partial charge on any atom is 0.00990 e. The first-order valence-corrected chi connectivity index (χ1v) is 6.98. The molecule has 1 aliphatic carbocycles. The molecule has 0 N–H and O–H groups in total. The van der Waals surface area contributed by atoms with Gasteiger partial charge in [-0.15, -0.1) is 0 Å². The van der Waals surface area contributed by atoms with Gasteiger partial charge in [0.15, 0.2) is 0 Å². The van der Waals surface area contributed by atoms with Crippen LogP contribution in [0, 0.1) is 12.3 Å². The number of hydrogen-bond acceptors (Lipinski definition) is 0. The fourth-order valence-corrected chi connectivity index (χ4v) is 2.90. The van der Waals surface area contributed by atoms with Gasteiger partial charge in [-0.25, -0.2) is 0 Å². The molecular formula is C19H17. The Kier molecular flexibility index (Phi) is 3.38. The van der Waals surface area contributed by atoms with E-state index < -0.39 is 0 Å². The lowest BCUT2D eigenvalue weighted by Crippen LogP contribution is -1.88. The van der Waals surface area contributed by atoms with Crippen molar-refractivity contribution in [1.82, 2.24) is 0 Å². The van der Waals surface area contributed by atoms with E-state index in [9.17, 15) is 0 Å². The lowest BCUT2D eigenvalue weighted by Gasteiger charge is -2.05. The maximum atomic E-state index is 6.91. The van der Waals surface area contributed by atoms with Crippen LogP contribution in [0.1, 0.15) is 36.0 Å². The van der Waals surface area contributed by atoms with Crippen LogP contribution >= 0.6 is 0 Å². The Morgan fingerprint density at radius 1 is 0.947 bits per heavy atom. The molecule has 1 aliphatic rings. The highest BCUT2D eigenvalue weighted by molar-refractivity contribution is 5.76. The molecule has 0 fully saturated rings. The topological polar surface area (TPSA) is 0 Å². The summed E-state index contributed by atoms with van der Waals surface area (Å²) in [7, 11) is 0. The Hall–Kier alpha value is -2.00. The van der Waals surface area contributed by atoms with Gasteiger partial charge in [0, 0.05) is 6.42 Å². The van der Waals surface area contributed by atoms with Crippen LogP contribution in [0.4, 0.5) is 0 Å². The third-order valence-electron chi connectivity index (χ3n) is 3.88. The van der Waals surface area contributed by atoms with Gasteiger partial charge in [0.2, 0.25) is 0 Å². The van der Waals surface area contributed by atoms with Crippen molar-refractivity contribution in [3.63, 3.8) is 0 Å². The van der Waals surface area contributed by atoms with E-state index in [1.54, 1.807) is 0 Å². The zero-order chi connectivity index (χ0) is 13.1. The summed E-state index contributed by atoms with van der Waals surface area (Å²) in [5.74, 6) is 2.46. The molecule has 0 aliphatic heterocycles.